The van der Waals surface area contributed by atoms with E-state index in [2.05, 4.69) is 18.8 Å². The van der Waals surface area contributed by atoms with Crippen molar-refractivity contribution in [3.05, 3.63) is 24.3 Å². The second-order valence-corrected chi connectivity index (χ2v) is 3.85. The first-order valence-corrected chi connectivity index (χ1v) is 5.43. The zero-order valence-electron chi connectivity index (χ0n) is 8.74. The van der Waals surface area contributed by atoms with Crippen LogP contribution in [0.2, 0.25) is 0 Å². The molecule has 0 fully saturated rings. The predicted molar refractivity (Wildman–Crippen MR) is 54.7 cm³/mol. The zero-order valence-corrected chi connectivity index (χ0v) is 9.64. The molecule has 0 saturated carbocycles. The van der Waals surface area contributed by atoms with E-state index in [1.165, 1.54) is 13.9 Å². The molecule has 0 spiro atoms. The molecule has 0 saturated heterocycles. The third kappa shape index (κ3) is 4.72. The zero-order chi connectivity index (χ0) is 8.97. The summed E-state index contributed by atoms with van der Waals surface area (Å²) < 4.78 is 5.51. The van der Waals surface area contributed by atoms with Gasteiger partial charge in [0.1, 0.15) is 5.75 Å². The van der Waals surface area contributed by atoms with Gasteiger partial charge in [0.2, 0.25) is 0 Å². The maximum absolute atomic E-state index is 5.51. The van der Waals surface area contributed by atoms with E-state index in [-0.39, 0.29) is 25.0 Å². The van der Waals surface area contributed by atoms with Crippen molar-refractivity contribution in [3.63, 3.8) is 0 Å². The minimum atomic E-state index is 0. The van der Waals surface area contributed by atoms with E-state index in [1.807, 2.05) is 26.0 Å². The first kappa shape index (κ1) is 13.0. The molecular formula is C10H14LiOP. The van der Waals surface area contributed by atoms with Gasteiger partial charge in [-0.25, -0.2) is 5.30 Å². The number of ether oxygens (including phenoxy) is 1. The van der Waals surface area contributed by atoms with Crippen LogP contribution in [-0.4, -0.2) is 12.8 Å². The molecule has 1 rings (SSSR count). The van der Waals surface area contributed by atoms with Crippen LogP contribution in [0.25, 0.3) is 0 Å². The van der Waals surface area contributed by atoms with Gasteiger partial charge >= 0.3 is 18.9 Å². The largest absolute Gasteiger partial charge is 1.00 e. The molecule has 0 radical (unpaired) electrons. The molecule has 0 aliphatic rings. The van der Waals surface area contributed by atoms with Crippen LogP contribution in [0.1, 0.15) is 13.8 Å². The molecule has 0 atom stereocenters. The average Bonchev–Trinajstić information content (AvgIpc) is 2.05. The van der Waals surface area contributed by atoms with Crippen molar-refractivity contribution in [2.24, 2.45) is 0 Å². The maximum Gasteiger partial charge on any atom is 1.00 e. The molecule has 13 heavy (non-hydrogen) atoms. The Labute approximate surface area is 94.2 Å². The van der Waals surface area contributed by atoms with Crippen LogP contribution in [0.4, 0.5) is 0 Å². The predicted octanol–water partition coefficient (Wildman–Crippen LogP) is -0.321. The van der Waals surface area contributed by atoms with Crippen molar-refractivity contribution in [2.45, 2.75) is 20.0 Å². The summed E-state index contributed by atoms with van der Waals surface area (Å²) in [7, 11) is 1.30. The van der Waals surface area contributed by atoms with E-state index in [0.717, 1.165) is 5.75 Å². The summed E-state index contributed by atoms with van der Waals surface area (Å²) in [5.74, 6) is 0.956. The van der Waals surface area contributed by atoms with Gasteiger partial charge in [0.25, 0.3) is 0 Å². The van der Waals surface area contributed by atoms with Crippen molar-refractivity contribution in [3.8, 4) is 5.75 Å². The van der Waals surface area contributed by atoms with Crippen molar-refractivity contribution in [1.82, 2.24) is 0 Å². The van der Waals surface area contributed by atoms with Crippen LogP contribution in [0, 0.1) is 0 Å². The Bertz CT molecular complexity index is 233. The molecule has 0 N–H and O–H groups in total. The molecule has 0 aliphatic heterocycles. The van der Waals surface area contributed by atoms with Gasteiger partial charge in [0.15, 0.2) is 0 Å². The molecule has 0 aliphatic carbocycles. The van der Waals surface area contributed by atoms with Crippen LogP contribution >= 0.6 is 8.58 Å². The fourth-order valence-corrected chi connectivity index (χ4v) is 1.39. The molecule has 1 aromatic carbocycles. The van der Waals surface area contributed by atoms with Crippen molar-refractivity contribution in [1.29, 1.82) is 0 Å². The van der Waals surface area contributed by atoms with Crippen LogP contribution in [0.15, 0.2) is 24.3 Å². The first-order valence-electron chi connectivity index (χ1n) is 4.09. The minimum absolute atomic E-state index is 0. The van der Waals surface area contributed by atoms with E-state index in [0.29, 0.717) is 0 Å². The Morgan fingerprint density at radius 3 is 2.08 bits per heavy atom. The van der Waals surface area contributed by atoms with E-state index < -0.39 is 0 Å². The summed E-state index contributed by atoms with van der Waals surface area (Å²) in [5.41, 5.74) is 0. The molecule has 3 heteroatoms. The van der Waals surface area contributed by atoms with Crippen LogP contribution < -0.4 is 28.9 Å². The Hall–Kier alpha value is 0.0474. The molecule has 0 amide bonds. The molecule has 0 aromatic heterocycles. The van der Waals surface area contributed by atoms with Crippen LogP contribution in [0.5, 0.6) is 5.75 Å². The van der Waals surface area contributed by atoms with Gasteiger partial charge in [-0.2, -0.15) is 6.66 Å². The van der Waals surface area contributed by atoms with E-state index in [9.17, 15) is 0 Å². The SMILES string of the molecule is C[P-]c1ccc(OC(C)C)cc1.[Li+]. The Morgan fingerprint density at radius 2 is 1.69 bits per heavy atom. The van der Waals surface area contributed by atoms with E-state index >= 15 is 0 Å². The van der Waals surface area contributed by atoms with Gasteiger partial charge in [0, 0.05) is 0 Å². The molecule has 0 unspecified atom stereocenters. The first-order chi connectivity index (χ1) is 5.72. The summed E-state index contributed by atoms with van der Waals surface area (Å²) >= 11 is 0. The van der Waals surface area contributed by atoms with Gasteiger partial charge in [-0.15, -0.1) is 0 Å². The van der Waals surface area contributed by atoms with Crippen molar-refractivity contribution >= 4 is 13.9 Å². The van der Waals surface area contributed by atoms with Crippen molar-refractivity contribution in [2.75, 3.05) is 6.66 Å². The monoisotopic (exact) mass is 188 g/mol. The van der Waals surface area contributed by atoms with Gasteiger partial charge in [-0.05, 0) is 26.0 Å². The van der Waals surface area contributed by atoms with Crippen LogP contribution in [-0.2, 0) is 0 Å². The quantitative estimate of drug-likeness (QED) is 0.466. The molecule has 66 valence electrons. The van der Waals surface area contributed by atoms with E-state index in [1.54, 1.807) is 0 Å². The molecular weight excluding hydrogens is 174 g/mol. The smallest absolute Gasteiger partial charge is 0.510 e. The van der Waals surface area contributed by atoms with Gasteiger partial charge in [-0.1, -0.05) is 12.1 Å². The average molecular weight is 188 g/mol. The van der Waals surface area contributed by atoms with Crippen LogP contribution in [0.3, 0.4) is 0 Å². The molecule has 0 bridgehead atoms. The minimum Gasteiger partial charge on any atom is -0.510 e. The molecule has 1 aromatic rings. The third-order valence-corrected chi connectivity index (χ3v) is 2.28. The molecule has 0 heterocycles. The summed E-state index contributed by atoms with van der Waals surface area (Å²) in [6.07, 6.45) is 0.259. The Balaban J connectivity index is 0.00000144. The summed E-state index contributed by atoms with van der Waals surface area (Å²) in [4.78, 5) is 0. The Morgan fingerprint density at radius 1 is 1.15 bits per heavy atom. The maximum atomic E-state index is 5.51. The van der Waals surface area contributed by atoms with Gasteiger partial charge in [-0.3, -0.25) is 0 Å². The van der Waals surface area contributed by atoms with Gasteiger partial charge < -0.3 is 13.3 Å². The Kier molecular flexibility index (Phi) is 6.52. The normalized spacial score (nSPS) is 10.5. The topological polar surface area (TPSA) is 9.23 Å². The summed E-state index contributed by atoms with van der Waals surface area (Å²) in [6.45, 7) is 6.19. The fraction of sp³-hybridized carbons (Fsp3) is 0.400. The standard InChI is InChI=1S/C10H14OP.Li/c1-8(2)11-9-4-6-10(12-3)7-5-9;/h4-8H,1-3H3;/q-1;+1. The van der Waals surface area contributed by atoms with E-state index in [4.69, 9.17) is 4.74 Å². The second-order valence-electron chi connectivity index (χ2n) is 2.88. The van der Waals surface area contributed by atoms with Gasteiger partial charge in [0.05, 0.1) is 6.10 Å². The number of hydrogen-bond donors (Lipinski definition) is 0. The number of rotatable bonds is 3. The molecule has 1 nitrogen and oxygen atoms in total. The summed E-state index contributed by atoms with van der Waals surface area (Å²) in [6, 6.07) is 8.23. The number of hydrogen-bond acceptors (Lipinski definition) is 1. The number of benzene rings is 1. The van der Waals surface area contributed by atoms with Crippen molar-refractivity contribution < 1.29 is 23.6 Å². The second kappa shape index (κ2) is 6.49. The third-order valence-electron chi connectivity index (χ3n) is 1.47. The summed E-state index contributed by atoms with van der Waals surface area (Å²) in [5, 5.41) is 1.33. The fourth-order valence-electron chi connectivity index (χ4n) is 0.946.